The molecule has 3 nitrogen and oxygen atoms in total. The molecular weight excluding hydrogens is 250 g/mol. The van der Waals surface area contributed by atoms with Gasteiger partial charge in [-0.2, -0.15) is 0 Å². The highest BCUT2D eigenvalue weighted by molar-refractivity contribution is 5.09. The van der Waals surface area contributed by atoms with E-state index in [1.54, 1.807) is 7.11 Å². The van der Waals surface area contributed by atoms with Gasteiger partial charge >= 0.3 is 0 Å². The lowest BCUT2D eigenvalue weighted by molar-refractivity contribution is -0.157. The number of ether oxygens (including phenoxy) is 1. The SMILES string of the molecule is COCC(O)(C1CC1)C1(CN)CCC(C(C)(C)C)CC1. The van der Waals surface area contributed by atoms with E-state index in [1.165, 1.54) is 12.8 Å². The summed E-state index contributed by atoms with van der Waals surface area (Å²) in [4.78, 5) is 0. The van der Waals surface area contributed by atoms with E-state index in [2.05, 4.69) is 20.8 Å². The number of hydrogen-bond acceptors (Lipinski definition) is 3. The molecule has 20 heavy (non-hydrogen) atoms. The van der Waals surface area contributed by atoms with Crippen molar-refractivity contribution in [3.63, 3.8) is 0 Å². The third kappa shape index (κ3) is 2.77. The molecule has 0 aliphatic heterocycles. The van der Waals surface area contributed by atoms with Crippen LogP contribution in [0.1, 0.15) is 59.3 Å². The molecule has 1 atom stereocenters. The largest absolute Gasteiger partial charge is 0.387 e. The van der Waals surface area contributed by atoms with Gasteiger partial charge in [-0.1, -0.05) is 20.8 Å². The minimum absolute atomic E-state index is 0.133. The lowest BCUT2D eigenvalue weighted by Gasteiger charge is -2.52. The molecule has 3 heteroatoms. The second kappa shape index (κ2) is 5.58. The number of rotatable bonds is 5. The van der Waals surface area contributed by atoms with Gasteiger partial charge in [0.05, 0.1) is 12.2 Å². The zero-order valence-electron chi connectivity index (χ0n) is 13.7. The van der Waals surface area contributed by atoms with Crippen LogP contribution in [-0.4, -0.2) is 31.0 Å². The highest BCUT2D eigenvalue weighted by Crippen LogP contribution is 2.56. The average Bonchev–Trinajstić information content (AvgIpc) is 3.22. The summed E-state index contributed by atoms with van der Waals surface area (Å²) in [7, 11) is 1.69. The smallest absolute Gasteiger partial charge is 0.0975 e. The van der Waals surface area contributed by atoms with Gasteiger partial charge in [0.15, 0.2) is 0 Å². The molecule has 0 spiro atoms. The third-order valence-corrected chi connectivity index (χ3v) is 6.09. The maximum atomic E-state index is 11.3. The summed E-state index contributed by atoms with van der Waals surface area (Å²) in [5, 5.41) is 11.3. The molecule has 2 aliphatic rings. The quantitative estimate of drug-likeness (QED) is 0.815. The van der Waals surface area contributed by atoms with E-state index >= 15 is 0 Å². The number of nitrogens with two attached hydrogens (primary N) is 1. The van der Waals surface area contributed by atoms with E-state index in [0.29, 0.717) is 24.5 Å². The van der Waals surface area contributed by atoms with E-state index in [1.807, 2.05) is 0 Å². The summed E-state index contributed by atoms with van der Waals surface area (Å²) in [6.07, 6.45) is 6.71. The van der Waals surface area contributed by atoms with Crippen molar-refractivity contribution in [1.29, 1.82) is 0 Å². The lowest BCUT2D eigenvalue weighted by atomic mass is 9.57. The Balaban J connectivity index is 2.15. The molecule has 0 heterocycles. The van der Waals surface area contributed by atoms with Crippen LogP contribution in [0.4, 0.5) is 0 Å². The van der Waals surface area contributed by atoms with E-state index in [9.17, 15) is 5.11 Å². The fourth-order valence-corrected chi connectivity index (χ4v) is 4.34. The molecule has 0 aromatic heterocycles. The Morgan fingerprint density at radius 2 is 1.65 bits per heavy atom. The van der Waals surface area contributed by atoms with Crippen molar-refractivity contribution in [1.82, 2.24) is 0 Å². The fourth-order valence-electron chi connectivity index (χ4n) is 4.34. The van der Waals surface area contributed by atoms with Gasteiger partial charge in [-0.25, -0.2) is 0 Å². The van der Waals surface area contributed by atoms with Crippen molar-refractivity contribution in [2.45, 2.75) is 64.9 Å². The van der Waals surface area contributed by atoms with Gasteiger partial charge in [0.25, 0.3) is 0 Å². The van der Waals surface area contributed by atoms with Crippen molar-refractivity contribution >= 4 is 0 Å². The molecule has 2 fully saturated rings. The maximum Gasteiger partial charge on any atom is 0.0975 e. The van der Waals surface area contributed by atoms with Gasteiger partial charge in [0.2, 0.25) is 0 Å². The first kappa shape index (κ1) is 16.3. The van der Waals surface area contributed by atoms with Gasteiger partial charge < -0.3 is 15.6 Å². The van der Waals surface area contributed by atoms with Crippen LogP contribution in [0.2, 0.25) is 0 Å². The number of aliphatic hydroxyl groups is 1. The van der Waals surface area contributed by atoms with Gasteiger partial charge in [-0.15, -0.1) is 0 Å². The summed E-state index contributed by atoms with van der Waals surface area (Å²) >= 11 is 0. The molecule has 3 N–H and O–H groups in total. The fraction of sp³-hybridized carbons (Fsp3) is 1.00. The Labute approximate surface area is 124 Å². The highest BCUT2D eigenvalue weighted by Gasteiger charge is 2.58. The Hall–Kier alpha value is -0.120. The Morgan fingerprint density at radius 1 is 1.10 bits per heavy atom. The summed E-state index contributed by atoms with van der Waals surface area (Å²) in [5.41, 5.74) is 5.68. The molecule has 2 rings (SSSR count). The summed E-state index contributed by atoms with van der Waals surface area (Å²) in [6, 6.07) is 0. The number of hydrogen-bond donors (Lipinski definition) is 2. The minimum atomic E-state index is -0.709. The maximum absolute atomic E-state index is 11.3. The van der Waals surface area contributed by atoms with Crippen molar-refractivity contribution < 1.29 is 9.84 Å². The molecular formula is C17H33NO2. The van der Waals surface area contributed by atoms with Crippen molar-refractivity contribution in [2.75, 3.05) is 20.3 Å². The second-order valence-electron chi connectivity index (χ2n) is 8.26. The van der Waals surface area contributed by atoms with Crippen LogP contribution in [0.5, 0.6) is 0 Å². The molecule has 0 radical (unpaired) electrons. The molecule has 0 bridgehead atoms. The average molecular weight is 283 g/mol. The molecule has 118 valence electrons. The predicted molar refractivity (Wildman–Crippen MR) is 82.5 cm³/mol. The predicted octanol–water partition coefficient (Wildman–Crippen LogP) is 2.96. The third-order valence-electron chi connectivity index (χ3n) is 6.09. The topological polar surface area (TPSA) is 55.5 Å². The zero-order valence-corrected chi connectivity index (χ0v) is 13.7. The van der Waals surface area contributed by atoms with E-state index in [0.717, 1.165) is 31.6 Å². The molecule has 0 aromatic rings. The Morgan fingerprint density at radius 3 is 2.00 bits per heavy atom. The first-order chi connectivity index (χ1) is 9.29. The van der Waals surface area contributed by atoms with Crippen LogP contribution >= 0.6 is 0 Å². The molecule has 0 amide bonds. The first-order valence-electron chi connectivity index (χ1n) is 8.20. The normalized spacial score (nSPS) is 34.8. The van der Waals surface area contributed by atoms with Crippen molar-refractivity contribution in [3.05, 3.63) is 0 Å². The monoisotopic (exact) mass is 283 g/mol. The van der Waals surface area contributed by atoms with Crippen LogP contribution in [0.3, 0.4) is 0 Å². The zero-order chi connectivity index (χ0) is 15.0. The highest BCUT2D eigenvalue weighted by atomic mass is 16.5. The second-order valence-corrected chi connectivity index (χ2v) is 8.26. The Bertz CT molecular complexity index is 324. The van der Waals surface area contributed by atoms with Gasteiger partial charge in [-0.05, 0) is 55.8 Å². The van der Waals surface area contributed by atoms with E-state index in [4.69, 9.17) is 10.5 Å². The molecule has 1 unspecified atom stereocenters. The lowest BCUT2D eigenvalue weighted by Crippen LogP contribution is -2.58. The number of methoxy groups -OCH3 is 1. The van der Waals surface area contributed by atoms with Crippen LogP contribution < -0.4 is 5.73 Å². The van der Waals surface area contributed by atoms with E-state index in [-0.39, 0.29) is 5.41 Å². The summed E-state index contributed by atoms with van der Waals surface area (Å²) in [6.45, 7) is 8.01. The van der Waals surface area contributed by atoms with Crippen molar-refractivity contribution in [3.8, 4) is 0 Å². The summed E-state index contributed by atoms with van der Waals surface area (Å²) in [5.74, 6) is 1.14. The molecule has 2 aliphatic carbocycles. The van der Waals surface area contributed by atoms with Crippen LogP contribution in [0.15, 0.2) is 0 Å². The van der Waals surface area contributed by atoms with Gasteiger partial charge in [0.1, 0.15) is 0 Å². The first-order valence-corrected chi connectivity index (χ1v) is 8.20. The van der Waals surface area contributed by atoms with Crippen molar-refractivity contribution in [2.24, 2.45) is 28.4 Å². The van der Waals surface area contributed by atoms with E-state index < -0.39 is 5.60 Å². The molecule has 0 saturated heterocycles. The summed E-state index contributed by atoms with van der Waals surface area (Å²) < 4.78 is 5.38. The van der Waals surface area contributed by atoms with Crippen LogP contribution in [0.25, 0.3) is 0 Å². The van der Waals surface area contributed by atoms with Gasteiger partial charge in [0, 0.05) is 19.1 Å². The van der Waals surface area contributed by atoms with Gasteiger partial charge in [-0.3, -0.25) is 0 Å². The standard InChI is InChI=1S/C17H33NO2/c1-15(2,3)13-7-9-16(11-18,10-8-13)17(19,12-20-4)14-5-6-14/h13-14,19H,5-12,18H2,1-4H3. The molecule has 0 aromatic carbocycles. The minimum Gasteiger partial charge on any atom is -0.387 e. The molecule has 2 saturated carbocycles. The Kier molecular flexibility index (Phi) is 4.54. The van der Waals surface area contributed by atoms with Crippen LogP contribution in [0, 0.1) is 22.7 Å². The van der Waals surface area contributed by atoms with Crippen LogP contribution in [-0.2, 0) is 4.74 Å².